The van der Waals surface area contributed by atoms with Crippen molar-refractivity contribution in [1.29, 1.82) is 0 Å². The Morgan fingerprint density at radius 1 is 0.319 bits per heavy atom. The fourth-order valence-corrected chi connectivity index (χ4v) is 15.7. The zero-order chi connectivity index (χ0) is 80.9. The Balaban J connectivity index is 0.000000129. The largest absolute Gasteiger partial charge is 0.507 e. The van der Waals surface area contributed by atoms with Gasteiger partial charge in [-0.3, -0.25) is 0 Å². The van der Waals surface area contributed by atoms with E-state index in [0.29, 0.717) is 48.7 Å². The summed E-state index contributed by atoms with van der Waals surface area (Å²) in [7, 11) is 0. The van der Waals surface area contributed by atoms with Crippen molar-refractivity contribution in [3.63, 3.8) is 0 Å². The maximum absolute atomic E-state index is 11.2. The first-order valence-electron chi connectivity index (χ1n) is 36.5. The van der Waals surface area contributed by atoms with Crippen LogP contribution in [0.2, 0.25) is 0 Å². The number of ether oxygens (including phenoxy) is 6. The van der Waals surface area contributed by atoms with Crippen molar-refractivity contribution in [2.75, 3.05) is 50.3 Å². The van der Waals surface area contributed by atoms with Crippen LogP contribution in [0.1, 0.15) is 11.1 Å². The smallest absolute Gasteiger partial charge is 0.331 e. The Bertz CT molecular complexity index is 6300. The van der Waals surface area contributed by atoms with Gasteiger partial charge < -0.3 is 48.8 Å². The molecule has 0 bridgehead atoms. The van der Waals surface area contributed by atoms with E-state index in [-0.39, 0.29) is 36.2 Å². The highest BCUT2D eigenvalue weighted by molar-refractivity contribution is 9.12. The number of hydrogen-bond acceptors (Lipinski definition) is 12. The van der Waals surface area contributed by atoms with Crippen LogP contribution < -0.4 is 18.9 Å². The number of benzene rings is 16. The second kappa shape index (κ2) is 37.4. The van der Waals surface area contributed by atoms with Crippen LogP contribution in [0.3, 0.4) is 0 Å². The highest BCUT2D eigenvalue weighted by atomic mass is 79.9. The van der Waals surface area contributed by atoms with E-state index in [1.807, 2.05) is 170 Å². The van der Waals surface area contributed by atoms with Gasteiger partial charge in [-0.05, 0) is 208 Å². The summed E-state index contributed by atoms with van der Waals surface area (Å²) in [6.07, 6.45) is 2.22. The van der Waals surface area contributed by atoms with Crippen LogP contribution in [0.4, 0.5) is 0 Å². The van der Waals surface area contributed by atoms with Crippen molar-refractivity contribution in [2.24, 2.45) is 0 Å². The summed E-state index contributed by atoms with van der Waals surface area (Å²) in [5.74, 6) is 14.8. The SMILES string of the molecule is BrCCBr.Brc1ccc2c3c(ccc2c1)OCCOc1ccc2cc(Br)ccc2c1-3.C=CC(=O)OCC#Cc1ccc2c3c(ccc2c1)OCCOc1ccc2cc(C#CCOC(=O)C=C)ccc2c1-3.Oc1ccc2cc(Br)ccc2c1-c1c(O)ccc2cc(Br)ccc12.Oc1ccc2ccccc2c1-c1c(O)ccc2ccccc12. The summed E-state index contributed by atoms with van der Waals surface area (Å²) < 4.78 is 38.3. The van der Waals surface area contributed by atoms with Crippen molar-refractivity contribution in [3.8, 4) is 114 Å². The van der Waals surface area contributed by atoms with E-state index in [4.69, 9.17) is 28.4 Å². The molecule has 0 spiro atoms. The second-order valence-corrected chi connectivity index (χ2v) is 31.6. The molecule has 2 heterocycles. The minimum Gasteiger partial charge on any atom is -0.507 e. The molecule has 2 aliphatic heterocycles. The van der Waals surface area contributed by atoms with Crippen molar-refractivity contribution < 1.29 is 58.4 Å². The maximum Gasteiger partial charge on any atom is 0.331 e. The molecule has 18 heteroatoms. The van der Waals surface area contributed by atoms with Gasteiger partial charge in [0.05, 0.1) is 0 Å². The number of aromatic hydroxyl groups is 4. The molecule has 18 rings (SSSR count). The van der Waals surface area contributed by atoms with E-state index in [9.17, 15) is 30.0 Å². The summed E-state index contributed by atoms with van der Waals surface area (Å²) in [4.78, 5) is 22.5. The quantitative estimate of drug-likeness (QED) is 0.0516. The number of rotatable bonds is 7. The number of carbonyl (C=O) groups is 2. The first-order chi connectivity index (χ1) is 56.5. The molecule has 2 aliphatic rings. The van der Waals surface area contributed by atoms with E-state index in [2.05, 4.69) is 193 Å². The molecule has 0 amide bonds. The first kappa shape index (κ1) is 81.0. The van der Waals surface area contributed by atoms with Gasteiger partial charge in [-0.25, -0.2) is 9.59 Å². The van der Waals surface area contributed by atoms with Crippen LogP contribution in [0.15, 0.2) is 298 Å². The van der Waals surface area contributed by atoms with E-state index >= 15 is 0 Å². The average Bonchev–Trinajstić information content (AvgIpc) is 0.753. The molecule has 0 radical (unpaired) electrons. The lowest BCUT2D eigenvalue weighted by Gasteiger charge is -2.22. The van der Waals surface area contributed by atoms with Gasteiger partial charge in [0.15, 0.2) is 13.2 Å². The molecule has 0 atom stereocenters. The summed E-state index contributed by atoms with van der Waals surface area (Å²) in [6.45, 7) is 8.65. The van der Waals surface area contributed by atoms with E-state index in [1.165, 1.54) is 10.8 Å². The second-order valence-electron chi connectivity index (χ2n) is 26.4. The van der Waals surface area contributed by atoms with Crippen LogP contribution in [0.25, 0.3) is 131 Å². The highest BCUT2D eigenvalue weighted by Crippen LogP contribution is 2.51. The van der Waals surface area contributed by atoms with E-state index < -0.39 is 11.9 Å². The highest BCUT2D eigenvalue weighted by Gasteiger charge is 2.25. The van der Waals surface area contributed by atoms with Crippen LogP contribution in [-0.2, 0) is 19.1 Å². The molecule has 0 aliphatic carbocycles. The Morgan fingerprint density at radius 3 is 0.862 bits per heavy atom. The zero-order valence-corrected chi connectivity index (χ0v) is 71.3. The van der Waals surface area contributed by atoms with Gasteiger partial charge in [-0.15, -0.1) is 0 Å². The first-order valence-corrected chi connectivity index (χ1v) is 41.9. The number of carbonyl (C=O) groups excluding carboxylic acids is 2. The number of hydrogen-bond donors (Lipinski definition) is 4. The van der Waals surface area contributed by atoms with Gasteiger partial charge in [-0.2, -0.15) is 0 Å². The topological polar surface area (TPSA) is 170 Å². The Hall–Kier alpha value is -11.6. The van der Waals surface area contributed by atoms with E-state index in [1.54, 1.807) is 24.3 Å². The fourth-order valence-electron chi connectivity index (χ4n) is 14.2. The molecule has 0 fully saturated rings. The van der Waals surface area contributed by atoms with Crippen molar-refractivity contribution >= 4 is 194 Å². The van der Waals surface area contributed by atoms with Gasteiger partial charge >= 0.3 is 11.9 Å². The lowest BCUT2D eigenvalue weighted by Crippen LogP contribution is -2.13. The van der Waals surface area contributed by atoms with Crippen molar-refractivity contribution in [3.05, 3.63) is 309 Å². The van der Waals surface area contributed by atoms with E-state index in [0.717, 1.165) is 172 Å². The minimum atomic E-state index is -0.507. The van der Waals surface area contributed by atoms with Gasteiger partial charge in [0, 0.05) is 96.3 Å². The number of phenols is 4. The standard InChI is InChI=1S/C34H24O6.C22H14Br2O2.C20H12Br2O2.C20H14O2.C2H4Br2/c1-3-31(35)39-17-5-7-23-9-13-27-25(21-23)11-15-29-33(27)34-28-14-10-24(8-6-18-40-32(36)4-2)22-26(28)12-16-30(34)38-20-19-37-29;23-15-3-5-17-13(11-15)1-7-19-21(17)22-18-6-4-16(24)12-14(18)2-8-20(22)26-10-9-25-19;21-13-3-5-15-11(9-13)1-7-17(23)19(15)20-16-6-4-14(22)10-12(16)2-8-18(20)24;21-17-11-9-13-5-1-3-7-15(13)19(17)20-16-8-4-2-6-14(16)10-12-18(20)22;3-1-2-4/h3-4,9-16,21-22H,1-2,17-20H2;1-8,11-12H,9-10H2;1-10,23-24H;1-12,21-22H;1-2H2. The maximum atomic E-state index is 11.2. The van der Waals surface area contributed by atoms with Gasteiger partial charge in [0.1, 0.15) is 72.4 Å². The average molecular weight is 1920 g/mol. The normalized spacial score (nSPS) is 11.6. The monoisotopic (exact) mass is 1910 g/mol. The van der Waals surface area contributed by atoms with Crippen LogP contribution in [0, 0.1) is 23.7 Å². The Morgan fingerprint density at radius 2 is 0.569 bits per heavy atom. The molecule has 116 heavy (non-hydrogen) atoms. The summed E-state index contributed by atoms with van der Waals surface area (Å²) in [5, 5.41) is 60.3. The van der Waals surface area contributed by atoms with Gasteiger partial charge in [0.2, 0.25) is 0 Å². The zero-order valence-electron chi connectivity index (χ0n) is 61.8. The number of phenolic OH excluding ortho intramolecular Hbond substituents is 4. The summed E-state index contributed by atoms with van der Waals surface area (Å²) in [5.41, 5.74) is 8.29. The minimum absolute atomic E-state index is 0.00996. The van der Waals surface area contributed by atoms with Crippen LogP contribution >= 0.6 is 95.6 Å². The number of alkyl halides is 2. The van der Waals surface area contributed by atoms with Crippen molar-refractivity contribution in [2.45, 2.75) is 0 Å². The van der Waals surface area contributed by atoms with Gasteiger partial charge in [0.25, 0.3) is 0 Å². The molecule has 16 aromatic rings. The summed E-state index contributed by atoms with van der Waals surface area (Å²) >= 11 is 20.5. The van der Waals surface area contributed by atoms with Crippen LogP contribution in [-0.4, -0.2) is 82.7 Å². The molecule has 0 saturated heterocycles. The third-order valence-corrected chi connectivity index (χ3v) is 23.1. The molecule has 16 aromatic carbocycles. The van der Waals surface area contributed by atoms with Crippen molar-refractivity contribution in [1.82, 2.24) is 0 Å². The van der Waals surface area contributed by atoms with Gasteiger partial charge in [-0.1, -0.05) is 266 Å². The Labute approximate surface area is 719 Å². The molecule has 0 unspecified atom stereocenters. The lowest BCUT2D eigenvalue weighted by atomic mass is 9.91. The number of esters is 2. The molecule has 0 aromatic heterocycles. The lowest BCUT2D eigenvalue weighted by molar-refractivity contribution is -0.137. The Kier molecular flexibility index (Phi) is 26.1. The predicted octanol–water partition coefficient (Wildman–Crippen LogP) is 26.0. The molecule has 4 N–H and O–H groups in total. The molecule has 574 valence electrons. The molecule has 0 saturated carbocycles. The van der Waals surface area contributed by atoms with Crippen LogP contribution in [0.5, 0.6) is 46.0 Å². The third-order valence-electron chi connectivity index (χ3n) is 19.2. The molecular formula is C98H68Br6O12. The molecular weight excluding hydrogens is 1850 g/mol. The third kappa shape index (κ3) is 18.1. The number of halogens is 6. The molecule has 12 nitrogen and oxygen atoms in total. The fraction of sp³-hybridized carbons (Fsp3) is 0.0816. The number of fused-ring (bicyclic) bond motifs is 18. The predicted molar refractivity (Wildman–Crippen MR) is 491 cm³/mol. The summed E-state index contributed by atoms with van der Waals surface area (Å²) in [6, 6.07) is 82.6.